The zero-order valence-corrected chi connectivity index (χ0v) is 10.5. The second-order valence-corrected chi connectivity index (χ2v) is 5.17. The minimum Gasteiger partial charge on any atom is -0.271 e. The number of hydrogen-bond acceptors (Lipinski definition) is 2. The molecule has 90 valence electrons. The van der Waals surface area contributed by atoms with E-state index < -0.39 is 0 Å². The first kappa shape index (κ1) is 13.0. The van der Waals surface area contributed by atoms with Crippen molar-refractivity contribution >= 4 is 0 Å². The fraction of sp³-hybridized carbons (Fsp3) is 1.00. The van der Waals surface area contributed by atoms with Crippen molar-refractivity contribution in [1.82, 2.24) is 5.43 Å². The van der Waals surface area contributed by atoms with Crippen molar-refractivity contribution in [3.8, 4) is 0 Å². The molecule has 1 atom stereocenters. The maximum absolute atomic E-state index is 5.66. The molecule has 0 saturated heterocycles. The predicted molar refractivity (Wildman–Crippen MR) is 66.4 cm³/mol. The van der Waals surface area contributed by atoms with Gasteiger partial charge in [0.15, 0.2) is 0 Å². The van der Waals surface area contributed by atoms with Gasteiger partial charge in [-0.2, -0.15) is 0 Å². The minimum absolute atomic E-state index is 0.554. The summed E-state index contributed by atoms with van der Waals surface area (Å²) in [6.45, 7) is 4.58. The largest absolute Gasteiger partial charge is 0.271 e. The molecule has 1 fully saturated rings. The number of rotatable bonds is 7. The van der Waals surface area contributed by atoms with Gasteiger partial charge < -0.3 is 0 Å². The van der Waals surface area contributed by atoms with Crippen LogP contribution in [-0.2, 0) is 0 Å². The Labute approximate surface area is 95.0 Å². The van der Waals surface area contributed by atoms with E-state index in [9.17, 15) is 0 Å². The SMILES string of the molecule is CCC(CC)CC(CC1CCCC1)NN. The molecule has 0 bridgehead atoms. The van der Waals surface area contributed by atoms with E-state index >= 15 is 0 Å². The van der Waals surface area contributed by atoms with Gasteiger partial charge in [0, 0.05) is 6.04 Å². The van der Waals surface area contributed by atoms with Gasteiger partial charge in [0.2, 0.25) is 0 Å². The summed E-state index contributed by atoms with van der Waals surface area (Å²) in [4.78, 5) is 0. The molecule has 0 aromatic carbocycles. The average Bonchev–Trinajstić information content (AvgIpc) is 2.76. The van der Waals surface area contributed by atoms with Gasteiger partial charge >= 0.3 is 0 Å². The van der Waals surface area contributed by atoms with Gasteiger partial charge in [0.25, 0.3) is 0 Å². The third-order valence-electron chi connectivity index (χ3n) is 4.10. The molecule has 1 saturated carbocycles. The van der Waals surface area contributed by atoms with Gasteiger partial charge in [0.05, 0.1) is 0 Å². The lowest BCUT2D eigenvalue weighted by Gasteiger charge is -2.23. The topological polar surface area (TPSA) is 38.0 Å². The van der Waals surface area contributed by atoms with Crippen molar-refractivity contribution in [2.45, 2.75) is 71.3 Å². The van der Waals surface area contributed by atoms with E-state index in [-0.39, 0.29) is 0 Å². The molecular formula is C13H28N2. The van der Waals surface area contributed by atoms with E-state index in [0.717, 1.165) is 11.8 Å². The Balaban J connectivity index is 2.27. The fourth-order valence-electron chi connectivity index (χ4n) is 2.91. The van der Waals surface area contributed by atoms with Crippen LogP contribution in [-0.4, -0.2) is 6.04 Å². The summed E-state index contributed by atoms with van der Waals surface area (Å²) in [6.07, 6.45) is 10.9. The summed E-state index contributed by atoms with van der Waals surface area (Å²) in [5.74, 6) is 7.46. The second kappa shape index (κ2) is 7.24. The predicted octanol–water partition coefficient (Wildman–Crippen LogP) is 3.22. The van der Waals surface area contributed by atoms with Crippen LogP contribution in [0.1, 0.15) is 65.2 Å². The van der Waals surface area contributed by atoms with Gasteiger partial charge in [-0.15, -0.1) is 0 Å². The van der Waals surface area contributed by atoms with Gasteiger partial charge in [-0.25, -0.2) is 0 Å². The quantitative estimate of drug-likeness (QED) is 0.502. The maximum Gasteiger partial charge on any atom is 0.0215 e. The highest BCUT2D eigenvalue weighted by Crippen LogP contribution is 2.30. The normalized spacial score (nSPS) is 20.0. The zero-order chi connectivity index (χ0) is 11.1. The highest BCUT2D eigenvalue weighted by atomic mass is 15.2. The highest BCUT2D eigenvalue weighted by Gasteiger charge is 2.21. The molecule has 1 aliphatic rings. The molecule has 2 heteroatoms. The Morgan fingerprint density at radius 3 is 2.27 bits per heavy atom. The van der Waals surface area contributed by atoms with Gasteiger partial charge in [-0.05, 0) is 24.7 Å². The Bertz CT molecular complexity index is 145. The first-order valence-corrected chi connectivity index (χ1v) is 6.76. The van der Waals surface area contributed by atoms with Crippen LogP contribution in [0.4, 0.5) is 0 Å². The van der Waals surface area contributed by atoms with Crippen molar-refractivity contribution in [2.24, 2.45) is 17.7 Å². The van der Waals surface area contributed by atoms with E-state index in [4.69, 9.17) is 5.84 Å². The average molecular weight is 212 g/mol. The third kappa shape index (κ3) is 4.52. The molecule has 0 aliphatic heterocycles. The zero-order valence-electron chi connectivity index (χ0n) is 10.5. The summed E-state index contributed by atoms with van der Waals surface area (Å²) in [6, 6.07) is 0.554. The summed E-state index contributed by atoms with van der Waals surface area (Å²) in [7, 11) is 0. The number of hydrazine groups is 1. The molecule has 15 heavy (non-hydrogen) atoms. The third-order valence-corrected chi connectivity index (χ3v) is 4.10. The van der Waals surface area contributed by atoms with E-state index in [1.165, 1.54) is 51.4 Å². The fourth-order valence-corrected chi connectivity index (χ4v) is 2.91. The standard InChI is InChI=1S/C13H28N2/c1-3-11(4-2)9-13(15-14)10-12-7-5-6-8-12/h11-13,15H,3-10,14H2,1-2H3. The molecule has 0 amide bonds. The van der Waals surface area contributed by atoms with Crippen LogP contribution in [0.25, 0.3) is 0 Å². The summed E-state index contributed by atoms with van der Waals surface area (Å²) < 4.78 is 0. The van der Waals surface area contributed by atoms with Crippen LogP contribution in [0.3, 0.4) is 0 Å². The molecule has 0 aromatic rings. The molecule has 1 rings (SSSR count). The smallest absolute Gasteiger partial charge is 0.0215 e. The van der Waals surface area contributed by atoms with Crippen LogP contribution >= 0.6 is 0 Å². The van der Waals surface area contributed by atoms with Gasteiger partial charge in [0.1, 0.15) is 0 Å². The first-order chi connectivity index (χ1) is 7.30. The highest BCUT2D eigenvalue weighted by molar-refractivity contribution is 4.76. The van der Waals surface area contributed by atoms with Crippen molar-refractivity contribution < 1.29 is 0 Å². The van der Waals surface area contributed by atoms with Crippen LogP contribution in [0.2, 0.25) is 0 Å². The Morgan fingerprint density at radius 2 is 1.80 bits per heavy atom. The van der Waals surface area contributed by atoms with Gasteiger partial charge in [-0.1, -0.05) is 52.4 Å². The summed E-state index contributed by atoms with van der Waals surface area (Å²) in [5.41, 5.74) is 3.03. The molecule has 0 heterocycles. The molecule has 2 nitrogen and oxygen atoms in total. The Morgan fingerprint density at radius 1 is 1.20 bits per heavy atom. The molecule has 1 aliphatic carbocycles. The van der Waals surface area contributed by atoms with Crippen LogP contribution in [0.15, 0.2) is 0 Å². The Kier molecular flexibility index (Phi) is 6.26. The van der Waals surface area contributed by atoms with E-state index in [0.29, 0.717) is 6.04 Å². The summed E-state index contributed by atoms with van der Waals surface area (Å²) >= 11 is 0. The summed E-state index contributed by atoms with van der Waals surface area (Å²) in [5, 5.41) is 0. The molecular weight excluding hydrogens is 184 g/mol. The van der Waals surface area contributed by atoms with Crippen molar-refractivity contribution in [1.29, 1.82) is 0 Å². The molecule has 0 radical (unpaired) electrons. The van der Waals surface area contributed by atoms with Crippen molar-refractivity contribution in [2.75, 3.05) is 0 Å². The van der Waals surface area contributed by atoms with Crippen LogP contribution < -0.4 is 11.3 Å². The lowest BCUT2D eigenvalue weighted by atomic mass is 9.89. The van der Waals surface area contributed by atoms with E-state index in [1.807, 2.05) is 0 Å². The lowest BCUT2D eigenvalue weighted by molar-refractivity contribution is 0.315. The second-order valence-electron chi connectivity index (χ2n) is 5.17. The Hall–Kier alpha value is -0.0800. The van der Waals surface area contributed by atoms with Crippen molar-refractivity contribution in [3.05, 3.63) is 0 Å². The minimum atomic E-state index is 0.554. The van der Waals surface area contributed by atoms with Gasteiger partial charge in [-0.3, -0.25) is 11.3 Å². The lowest BCUT2D eigenvalue weighted by Crippen LogP contribution is -2.37. The van der Waals surface area contributed by atoms with Crippen molar-refractivity contribution in [3.63, 3.8) is 0 Å². The maximum atomic E-state index is 5.66. The van der Waals surface area contributed by atoms with E-state index in [2.05, 4.69) is 19.3 Å². The number of nitrogens with one attached hydrogen (secondary N) is 1. The van der Waals surface area contributed by atoms with Crippen LogP contribution in [0, 0.1) is 11.8 Å². The monoisotopic (exact) mass is 212 g/mol. The molecule has 0 aromatic heterocycles. The van der Waals surface area contributed by atoms with Crippen LogP contribution in [0.5, 0.6) is 0 Å². The molecule has 0 spiro atoms. The number of hydrogen-bond donors (Lipinski definition) is 2. The number of nitrogens with two attached hydrogens (primary N) is 1. The molecule has 1 unspecified atom stereocenters. The molecule has 3 N–H and O–H groups in total. The van der Waals surface area contributed by atoms with E-state index in [1.54, 1.807) is 0 Å². The first-order valence-electron chi connectivity index (χ1n) is 6.76.